The molecule has 0 bridgehead atoms. The first kappa shape index (κ1) is 31.8. The zero-order chi connectivity index (χ0) is 34.9. The summed E-state index contributed by atoms with van der Waals surface area (Å²) < 4.78 is 10.2. The maximum absolute atomic E-state index is 13.1. The summed E-state index contributed by atoms with van der Waals surface area (Å²) >= 11 is 0. The Labute approximate surface area is 287 Å². The number of ether oxygens (including phenoxy) is 2. The number of carbonyl (C=O) groups excluding carboxylic acids is 4. The molecular weight excluding hydrogens is 634 g/mol. The summed E-state index contributed by atoms with van der Waals surface area (Å²) in [7, 11) is 4.58. The number of imide groups is 2. The van der Waals surface area contributed by atoms with E-state index in [0.717, 1.165) is 61.7 Å². The number of nitrogens with zero attached hydrogens (tertiary/aromatic N) is 4. The first-order valence-electron chi connectivity index (χ1n) is 15.7. The van der Waals surface area contributed by atoms with E-state index in [1.807, 2.05) is 96.9 Å². The fourth-order valence-electron chi connectivity index (χ4n) is 6.11. The number of aromatic nitrogens is 1. The number of carbonyl (C=O) groups is 4. The number of H-pyrrole nitrogens is 1. The highest BCUT2D eigenvalue weighted by Gasteiger charge is 2.37. The average molecular weight is 666 g/mol. The number of likely N-dealkylation sites (N-methyl/N-ethyl adjacent to an activating group) is 1. The number of nitrogens with one attached hydrogen (secondary N) is 1. The van der Waals surface area contributed by atoms with Gasteiger partial charge in [-0.1, -0.05) is 48.5 Å². The number of rotatable bonds is 9. The lowest BCUT2D eigenvalue weighted by atomic mass is 10.0. The number of hydrogen-bond acceptors (Lipinski definition) is 8. The highest BCUT2D eigenvalue weighted by Crippen LogP contribution is 2.34. The normalized spacial score (nSPS) is 16.6. The van der Waals surface area contributed by atoms with Crippen LogP contribution in [0.3, 0.4) is 0 Å². The van der Waals surface area contributed by atoms with Crippen molar-refractivity contribution in [2.24, 2.45) is 4.99 Å². The van der Waals surface area contributed by atoms with E-state index in [1.165, 1.54) is 20.3 Å². The van der Waals surface area contributed by atoms with Gasteiger partial charge in [0.05, 0.1) is 43.4 Å². The smallest absolute Gasteiger partial charge is 0.300 e. The molecular formula is C39H31N5O6. The van der Waals surface area contributed by atoms with Crippen LogP contribution >= 0.6 is 0 Å². The minimum Gasteiger partial charge on any atom is -0.491 e. The summed E-state index contributed by atoms with van der Waals surface area (Å²) in [5.41, 5.74) is 6.29. The predicted octanol–water partition coefficient (Wildman–Crippen LogP) is 5.28. The lowest BCUT2D eigenvalue weighted by Crippen LogP contribution is -2.33. The second-order valence-corrected chi connectivity index (χ2v) is 11.6. The summed E-state index contributed by atoms with van der Waals surface area (Å²) in [6.45, 7) is 0. The van der Waals surface area contributed by atoms with Gasteiger partial charge in [0.25, 0.3) is 11.8 Å². The van der Waals surface area contributed by atoms with E-state index in [0.29, 0.717) is 12.0 Å². The highest BCUT2D eigenvalue weighted by atomic mass is 16.5. The van der Waals surface area contributed by atoms with E-state index >= 15 is 0 Å². The standard InChI is InChI=1S/C39H31N5O6/c1-42(27-12-8-5-9-13-27)34-17-16-31(41-34)37(25-10-6-4-7-11-25)30-15-14-26(40-30)18-24-19-28(43-35(45)22-32(49-2)38(43)47)21-29(20-24)44-36(46)23-33(50-3)39(44)48/h4-17,19-23,40H,18H2,1-3H3/b37-31-. The molecule has 11 nitrogen and oxygen atoms in total. The SMILES string of the molecule is COC1=CC(=O)N(c2cc(Cc3ccc(/C(=C4/C=CC(N(C)c5ccccc5)=N4)c4ccccc4)[nH]3)cc(N3C(=O)C=C(OC)C3=O)c2)C1=O. The van der Waals surface area contributed by atoms with Gasteiger partial charge in [0.1, 0.15) is 5.84 Å². The quantitative estimate of drug-likeness (QED) is 0.242. The molecule has 50 heavy (non-hydrogen) atoms. The van der Waals surface area contributed by atoms with Crippen LogP contribution in [0.25, 0.3) is 5.57 Å². The lowest BCUT2D eigenvalue weighted by molar-refractivity contribution is -0.123. The largest absolute Gasteiger partial charge is 0.491 e. The number of benzene rings is 3. The van der Waals surface area contributed by atoms with Crippen LogP contribution in [-0.2, 0) is 35.1 Å². The molecule has 3 aromatic carbocycles. The van der Waals surface area contributed by atoms with Gasteiger partial charge < -0.3 is 19.4 Å². The van der Waals surface area contributed by atoms with Crippen molar-refractivity contribution in [2.45, 2.75) is 6.42 Å². The zero-order valence-corrected chi connectivity index (χ0v) is 27.4. The Bertz CT molecular complexity index is 2140. The maximum Gasteiger partial charge on any atom is 0.300 e. The molecule has 4 amide bonds. The van der Waals surface area contributed by atoms with Gasteiger partial charge in [0, 0.05) is 36.1 Å². The van der Waals surface area contributed by atoms with Gasteiger partial charge in [-0.2, -0.15) is 0 Å². The van der Waals surface area contributed by atoms with E-state index < -0.39 is 23.6 Å². The molecule has 4 heterocycles. The molecule has 0 spiro atoms. The first-order chi connectivity index (χ1) is 24.2. The number of anilines is 3. The van der Waals surface area contributed by atoms with Crippen molar-refractivity contribution >= 4 is 52.1 Å². The number of amides is 4. The maximum atomic E-state index is 13.1. The van der Waals surface area contributed by atoms with Gasteiger partial charge in [-0.15, -0.1) is 0 Å². The number of aliphatic imine (C=N–C) groups is 1. The topological polar surface area (TPSA) is 125 Å². The summed E-state index contributed by atoms with van der Waals surface area (Å²) in [5, 5.41) is 0. The summed E-state index contributed by atoms with van der Waals surface area (Å²) in [6, 6.07) is 28.7. The van der Waals surface area contributed by atoms with Crippen LogP contribution < -0.4 is 14.7 Å². The number of para-hydroxylation sites is 1. The molecule has 7 rings (SSSR count). The Hall–Kier alpha value is -6.75. The molecule has 3 aliphatic rings. The molecule has 0 unspecified atom stereocenters. The van der Waals surface area contributed by atoms with Gasteiger partial charge in [-0.25, -0.2) is 14.8 Å². The van der Waals surface area contributed by atoms with Crippen LogP contribution in [-0.4, -0.2) is 55.7 Å². The fourth-order valence-corrected chi connectivity index (χ4v) is 6.11. The molecule has 248 valence electrons. The highest BCUT2D eigenvalue weighted by molar-refractivity contribution is 6.31. The summed E-state index contributed by atoms with van der Waals surface area (Å²) in [6.07, 6.45) is 6.49. The van der Waals surface area contributed by atoms with Crippen molar-refractivity contribution in [1.29, 1.82) is 0 Å². The van der Waals surface area contributed by atoms with Crippen molar-refractivity contribution < 1.29 is 28.7 Å². The molecule has 1 aromatic heterocycles. The first-order valence-corrected chi connectivity index (χ1v) is 15.7. The van der Waals surface area contributed by atoms with E-state index in [4.69, 9.17) is 14.5 Å². The molecule has 0 saturated carbocycles. The molecule has 4 aromatic rings. The molecule has 0 radical (unpaired) electrons. The third-order valence-electron chi connectivity index (χ3n) is 8.54. The molecule has 0 fully saturated rings. The van der Waals surface area contributed by atoms with Gasteiger partial charge in [-0.3, -0.25) is 19.2 Å². The second-order valence-electron chi connectivity index (χ2n) is 11.6. The van der Waals surface area contributed by atoms with Gasteiger partial charge in [0.15, 0.2) is 11.5 Å². The third-order valence-corrected chi connectivity index (χ3v) is 8.54. The van der Waals surface area contributed by atoms with E-state index in [1.54, 1.807) is 12.1 Å². The van der Waals surface area contributed by atoms with Crippen LogP contribution in [0, 0.1) is 0 Å². The predicted molar refractivity (Wildman–Crippen MR) is 189 cm³/mol. The number of amidine groups is 1. The van der Waals surface area contributed by atoms with Gasteiger partial charge in [-0.05, 0) is 65.7 Å². The number of aromatic amines is 1. The molecule has 0 atom stereocenters. The van der Waals surface area contributed by atoms with E-state index in [9.17, 15) is 19.2 Å². The van der Waals surface area contributed by atoms with Crippen molar-refractivity contribution in [2.75, 3.05) is 36.0 Å². The summed E-state index contributed by atoms with van der Waals surface area (Å²) in [5.74, 6) is -1.95. The molecule has 3 aliphatic heterocycles. The van der Waals surface area contributed by atoms with Crippen LogP contribution in [0.1, 0.15) is 22.5 Å². The minimum absolute atomic E-state index is 0.115. The van der Waals surface area contributed by atoms with Crippen LogP contribution in [0.15, 0.2) is 138 Å². The van der Waals surface area contributed by atoms with Crippen LogP contribution in [0.5, 0.6) is 0 Å². The second kappa shape index (κ2) is 13.0. The zero-order valence-electron chi connectivity index (χ0n) is 27.4. The van der Waals surface area contributed by atoms with E-state index in [-0.39, 0.29) is 22.9 Å². The van der Waals surface area contributed by atoms with Crippen molar-refractivity contribution in [3.63, 3.8) is 0 Å². The Morgan fingerprint density at radius 2 is 1.32 bits per heavy atom. The van der Waals surface area contributed by atoms with Gasteiger partial charge in [0.2, 0.25) is 0 Å². The van der Waals surface area contributed by atoms with Gasteiger partial charge >= 0.3 is 11.8 Å². The molecule has 1 N–H and O–H groups in total. The summed E-state index contributed by atoms with van der Waals surface area (Å²) in [4.78, 5) is 64.4. The number of hydrogen-bond donors (Lipinski definition) is 1. The number of methoxy groups -OCH3 is 2. The van der Waals surface area contributed by atoms with Crippen LogP contribution in [0.2, 0.25) is 0 Å². The van der Waals surface area contributed by atoms with Crippen LogP contribution in [0.4, 0.5) is 17.1 Å². The Morgan fingerprint density at radius 1 is 0.740 bits per heavy atom. The lowest BCUT2D eigenvalue weighted by Gasteiger charge is -2.21. The van der Waals surface area contributed by atoms with Crippen molar-refractivity contribution in [3.05, 3.63) is 155 Å². The Morgan fingerprint density at radius 3 is 1.88 bits per heavy atom. The monoisotopic (exact) mass is 665 g/mol. The van der Waals surface area contributed by atoms with Crippen molar-refractivity contribution in [1.82, 2.24) is 4.98 Å². The third kappa shape index (κ3) is 5.81. The minimum atomic E-state index is -0.654. The van der Waals surface area contributed by atoms with E-state index in [2.05, 4.69) is 4.98 Å². The molecule has 0 aliphatic carbocycles. The Kier molecular flexibility index (Phi) is 8.30. The van der Waals surface area contributed by atoms with Crippen molar-refractivity contribution in [3.8, 4) is 0 Å². The number of allylic oxidation sites excluding steroid dienone is 1. The average Bonchev–Trinajstić information content (AvgIpc) is 3.92. The molecule has 11 heteroatoms. The Balaban J connectivity index is 1.26. The molecule has 0 saturated heterocycles. The fraction of sp³-hybridized carbons (Fsp3) is 0.103.